The number of halogens is 4. The van der Waals surface area contributed by atoms with E-state index in [9.17, 15) is 28.8 Å². The second-order valence-corrected chi connectivity index (χ2v) is 37.6. The van der Waals surface area contributed by atoms with E-state index in [0.717, 1.165) is 90.8 Å². The Morgan fingerprint density at radius 2 is 0.575 bits per heavy atom. The van der Waals surface area contributed by atoms with Crippen molar-refractivity contribution in [2.24, 2.45) is 0 Å². The first kappa shape index (κ1) is 83.8. The maximum Gasteiger partial charge on any atom is 0.344 e. The van der Waals surface area contributed by atoms with Crippen molar-refractivity contribution in [1.29, 1.82) is 0 Å². The van der Waals surface area contributed by atoms with Crippen molar-refractivity contribution in [2.75, 3.05) is 39.6 Å². The second kappa shape index (κ2) is 33.3. The lowest BCUT2D eigenvalue weighted by atomic mass is 9.78. The van der Waals surface area contributed by atoms with Crippen LogP contribution >= 0.6 is 90.4 Å². The summed E-state index contributed by atoms with van der Waals surface area (Å²) in [4.78, 5) is 80.2. The standard InChI is InChI=1S/C89H88I4O20/c1-84(2,3)108-70(94)41-100-54-25-17-48-21-29-66-77(58(48)37-54)76(52-33-63(91)83(64(92)34-52)105-46-73(97)111-87(10,11)12)78-59-38-55(26-18-49(59)22-30-67(78)106-66)102-43-74(98)112-88(13,14)47-89(15,16)113-75(99)44-103-57-28-20-51-24-32-69-80(61(51)40-57)81(62-35-53(90)36-65(93)82(62)104-45-72(96)110-86(7,8)9)79-60-39-56(101-42-71(95)109-85(4,5)6)27-19-50(60)23-31-68(79)107-69/h17-40,76,81H,41-47H2,1-16H3. The monoisotopic (exact) mass is 1980 g/mol. The zero-order valence-electron chi connectivity index (χ0n) is 65.6. The minimum Gasteiger partial charge on any atom is -0.482 e. The van der Waals surface area contributed by atoms with E-state index >= 15 is 0 Å². The number of carbonyl (C=O) groups excluding carboxylic acids is 6. The zero-order valence-corrected chi connectivity index (χ0v) is 74.3. The molecule has 24 heteroatoms. The van der Waals surface area contributed by atoms with E-state index in [4.69, 9.17) is 66.3 Å². The first-order valence-corrected chi connectivity index (χ1v) is 41.0. The van der Waals surface area contributed by atoms with Gasteiger partial charge in [0.15, 0.2) is 39.6 Å². The molecule has 0 saturated heterocycles. The van der Waals surface area contributed by atoms with E-state index in [-0.39, 0.29) is 32.8 Å². The molecule has 10 aromatic carbocycles. The number of hydrogen-bond acceptors (Lipinski definition) is 20. The molecule has 0 saturated carbocycles. The molecule has 12 rings (SSSR count). The zero-order chi connectivity index (χ0) is 81.6. The summed E-state index contributed by atoms with van der Waals surface area (Å²) in [7, 11) is 0. The minimum atomic E-state index is -1.18. The van der Waals surface area contributed by atoms with Crippen molar-refractivity contribution >= 4 is 169 Å². The Hall–Kier alpha value is -8.62. The highest BCUT2D eigenvalue weighted by Gasteiger charge is 2.40. The molecule has 2 atom stereocenters. The Morgan fingerprint density at radius 3 is 0.885 bits per heavy atom. The van der Waals surface area contributed by atoms with Gasteiger partial charge in [0, 0.05) is 49.6 Å². The molecule has 0 aliphatic carbocycles. The third-order valence-corrected chi connectivity index (χ3v) is 20.7. The van der Waals surface area contributed by atoms with Gasteiger partial charge in [-0.2, -0.15) is 0 Å². The molecule has 20 nitrogen and oxygen atoms in total. The second-order valence-electron chi connectivity index (χ2n) is 32.9. The Labute approximate surface area is 711 Å². The van der Waals surface area contributed by atoms with Crippen LogP contribution in [0.25, 0.3) is 43.1 Å². The summed E-state index contributed by atoms with van der Waals surface area (Å²) < 4.78 is 89.0. The van der Waals surface area contributed by atoms with Crippen LogP contribution in [0.5, 0.6) is 57.5 Å². The molecular formula is C89H88I4O20. The van der Waals surface area contributed by atoms with Gasteiger partial charge in [-0.25, -0.2) is 28.8 Å². The van der Waals surface area contributed by atoms with Crippen molar-refractivity contribution in [3.63, 3.8) is 0 Å². The van der Waals surface area contributed by atoms with E-state index in [1.54, 1.807) is 129 Å². The smallest absolute Gasteiger partial charge is 0.344 e. The minimum absolute atomic E-state index is 0.0844. The van der Waals surface area contributed by atoms with Gasteiger partial charge in [0.25, 0.3) is 0 Å². The van der Waals surface area contributed by atoms with Gasteiger partial charge in [0.05, 0.1) is 10.7 Å². The Kier molecular flexibility index (Phi) is 24.7. The number of fused-ring (bicyclic) bond motifs is 12. The maximum absolute atomic E-state index is 14.0. The van der Waals surface area contributed by atoms with Crippen LogP contribution in [0.15, 0.2) is 146 Å². The van der Waals surface area contributed by atoms with Gasteiger partial charge in [-0.15, -0.1) is 0 Å². The largest absolute Gasteiger partial charge is 0.482 e. The molecule has 0 spiro atoms. The number of ether oxygens (including phenoxy) is 14. The third-order valence-electron chi connectivity index (χ3n) is 17.7. The van der Waals surface area contributed by atoms with Crippen molar-refractivity contribution in [3.8, 4) is 57.5 Å². The summed E-state index contributed by atoms with van der Waals surface area (Å²) in [6.07, 6.45) is 0.0844. The predicted octanol–water partition coefficient (Wildman–Crippen LogP) is 20.7. The van der Waals surface area contributed by atoms with Crippen LogP contribution in [-0.4, -0.2) is 109 Å². The third kappa shape index (κ3) is 20.9. The first-order valence-electron chi connectivity index (χ1n) is 36.7. The van der Waals surface area contributed by atoms with Crippen LogP contribution < -0.4 is 37.9 Å². The van der Waals surface area contributed by atoms with Crippen molar-refractivity contribution < 1.29 is 95.1 Å². The van der Waals surface area contributed by atoms with Gasteiger partial charge in [-0.3, -0.25) is 0 Å². The summed E-state index contributed by atoms with van der Waals surface area (Å²) in [5.74, 6) is 0.307. The van der Waals surface area contributed by atoms with Crippen molar-refractivity contribution in [2.45, 2.75) is 163 Å². The summed E-state index contributed by atoms with van der Waals surface area (Å²) in [6.45, 7) is 26.3. The summed E-state index contributed by atoms with van der Waals surface area (Å²) in [6, 6.07) is 46.0. The van der Waals surface area contributed by atoms with E-state index in [0.29, 0.717) is 57.5 Å². The molecule has 10 aromatic rings. The van der Waals surface area contributed by atoms with E-state index < -0.39 is 94.5 Å². The molecule has 0 amide bonds. The highest BCUT2D eigenvalue weighted by Crippen LogP contribution is 2.57. The number of rotatable bonds is 24. The Bertz CT molecular complexity index is 5400. The SMILES string of the molecule is CC(C)(C)OC(=O)COc1ccc2ccc3c(c2c1)C(c1cc(I)c(OCC(=O)OC(C)(C)C)c(I)c1)c1c(ccc2ccc(OCC(=O)OC(C)(C)CC(C)(C)OC(=O)COc4ccc5ccc6c(c5c4)C(c4cc(I)cc(I)c4OCC(=O)OC(C)(C)C)c4c(ccc5ccc(OCC(=O)OC(C)(C)C)cc45)O6)cc12)O3. The Balaban J connectivity index is 0.773. The van der Waals surface area contributed by atoms with E-state index in [2.05, 4.69) is 90.4 Å². The molecule has 113 heavy (non-hydrogen) atoms. The lowest BCUT2D eigenvalue weighted by molar-refractivity contribution is -0.173. The van der Waals surface area contributed by atoms with Gasteiger partial charge in [-0.1, -0.05) is 48.5 Å². The number of esters is 6. The number of hydrogen-bond donors (Lipinski definition) is 0. The van der Waals surface area contributed by atoms with Gasteiger partial charge >= 0.3 is 35.8 Å². The molecule has 2 heterocycles. The van der Waals surface area contributed by atoms with Crippen LogP contribution in [0, 0.1) is 14.3 Å². The molecule has 2 aliphatic heterocycles. The van der Waals surface area contributed by atoms with Crippen LogP contribution in [0.2, 0.25) is 0 Å². The van der Waals surface area contributed by atoms with Crippen molar-refractivity contribution in [1.82, 2.24) is 0 Å². The van der Waals surface area contributed by atoms with Crippen molar-refractivity contribution in [3.05, 3.63) is 193 Å². The van der Waals surface area contributed by atoms with Crippen LogP contribution in [0.3, 0.4) is 0 Å². The van der Waals surface area contributed by atoms with Crippen LogP contribution in [0.1, 0.15) is 162 Å². The summed E-state index contributed by atoms with van der Waals surface area (Å²) in [5.41, 5.74) is -0.486. The molecule has 0 aromatic heterocycles. The fourth-order valence-electron chi connectivity index (χ4n) is 14.2. The first-order chi connectivity index (χ1) is 53.0. The molecule has 0 bridgehead atoms. The fraction of sp³-hybridized carbons (Fsp3) is 0.348. The van der Waals surface area contributed by atoms with Crippen LogP contribution in [-0.2, 0) is 57.2 Å². The fourth-order valence-corrected chi connectivity index (χ4v) is 18.4. The molecule has 0 N–H and O–H groups in total. The predicted molar refractivity (Wildman–Crippen MR) is 463 cm³/mol. The summed E-state index contributed by atoms with van der Waals surface area (Å²) >= 11 is 8.96. The summed E-state index contributed by atoms with van der Waals surface area (Å²) in [5, 5.41) is 6.51. The van der Waals surface area contributed by atoms with Gasteiger partial charge < -0.3 is 66.3 Å². The van der Waals surface area contributed by atoms with E-state index in [1.807, 2.05) is 127 Å². The van der Waals surface area contributed by atoms with E-state index in [1.165, 1.54) is 0 Å². The van der Waals surface area contributed by atoms with Crippen LogP contribution in [0.4, 0.5) is 0 Å². The highest BCUT2D eigenvalue weighted by molar-refractivity contribution is 14.1. The van der Waals surface area contributed by atoms with Gasteiger partial charge in [-0.05, 0) is 347 Å². The Morgan fingerprint density at radius 1 is 0.310 bits per heavy atom. The molecule has 2 unspecified atom stereocenters. The quantitative estimate of drug-likeness (QED) is 0.0311. The molecule has 2 aliphatic rings. The highest BCUT2D eigenvalue weighted by atomic mass is 127. The average molecular weight is 1990 g/mol. The van der Waals surface area contributed by atoms with Gasteiger partial charge in [0.2, 0.25) is 0 Å². The number of benzene rings is 10. The lowest BCUT2D eigenvalue weighted by Gasteiger charge is -2.34. The topological polar surface area (TPSA) is 232 Å². The molecule has 0 fully saturated rings. The number of carbonyl (C=O) groups is 6. The average Bonchev–Trinajstić information content (AvgIpc) is 0.725. The van der Waals surface area contributed by atoms with Gasteiger partial charge in [0.1, 0.15) is 91.1 Å². The molecule has 592 valence electrons. The molecule has 0 radical (unpaired) electrons. The lowest BCUT2D eigenvalue weighted by Crippen LogP contribution is -2.41. The normalized spacial score (nSPS) is 14.1. The molecular weight excluding hydrogens is 1900 g/mol. The maximum atomic E-state index is 14.0.